The molecule has 0 aliphatic heterocycles. The first kappa shape index (κ1) is 14.6. The summed E-state index contributed by atoms with van der Waals surface area (Å²) in [6.45, 7) is 0. The minimum Gasteiger partial charge on any atom is -0.506 e. The predicted molar refractivity (Wildman–Crippen MR) is 81.8 cm³/mol. The molecule has 0 aliphatic carbocycles. The van der Waals surface area contributed by atoms with E-state index in [1.165, 1.54) is 18.2 Å². The highest BCUT2D eigenvalue weighted by molar-refractivity contribution is 6.32. The summed E-state index contributed by atoms with van der Waals surface area (Å²) < 4.78 is 0. The van der Waals surface area contributed by atoms with Gasteiger partial charge in [-0.05, 0) is 35.9 Å². The van der Waals surface area contributed by atoms with E-state index in [4.69, 9.17) is 16.9 Å². The number of carbonyl (C=O) groups is 1. The molecule has 4 nitrogen and oxygen atoms in total. The fourth-order valence-electron chi connectivity index (χ4n) is 1.65. The first-order valence-electron chi connectivity index (χ1n) is 6.07. The number of anilines is 1. The highest BCUT2D eigenvalue weighted by Crippen LogP contribution is 2.24. The van der Waals surface area contributed by atoms with Crippen LogP contribution in [0, 0.1) is 11.3 Å². The molecule has 0 aliphatic rings. The average molecular weight is 299 g/mol. The van der Waals surface area contributed by atoms with E-state index < -0.39 is 5.91 Å². The van der Waals surface area contributed by atoms with Crippen LogP contribution in [0.25, 0.3) is 6.08 Å². The standard InChI is InChI=1S/C16H11ClN2O2/c17-14-9-11(6-7-15(14)20)8-12(10-18)16(21)19-13-4-2-1-3-5-13/h1-9,20H,(H,19,21). The summed E-state index contributed by atoms with van der Waals surface area (Å²) in [5, 5.41) is 21.2. The Labute approximate surface area is 126 Å². The minimum atomic E-state index is -0.507. The van der Waals surface area contributed by atoms with Crippen molar-refractivity contribution in [3.05, 3.63) is 64.7 Å². The largest absolute Gasteiger partial charge is 0.506 e. The molecule has 2 aromatic carbocycles. The molecule has 0 bridgehead atoms. The van der Waals surface area contributed by atoms with Crippen LogP contribution in [0.2, 0.25) is 5.02 Å². The van der Waals surface area contributed by atoms with Crippen molar-refractivity contribution in [1.29, 1.82) is 5.26 Å². The SMILES string of the molecule is N#CC(=Cc1ccc(O)c(Cl)c1)C(=O)Nc1ccccc1. The summed E-state index contributed by atoms with van der Waals surface area (Å²) in [6, 6.07) is 15.1. The molecule has 0 fully saturated rings. The van der Waals surface area contributed by atoms with Gasteiger partial charge in [0.1, 0.15) is 17.4 Å². The van der Waals surface area contributed by atoms with E-state index in [0.29, 0.717) is 11.3 Å². The molecular formula is C16H11ClN2O2. The molecule has 0 radical (unpaired) electrons. The lowest BCUT2D eigenvalue weighted by Crippen LogP contribution is -2.13. The monoisotopic (exact) mass is 298 g/mol. The molecule has 5 heteroatoms. The van der Waals surface area contributed by atoms with Gasteiger partial charge in [0.15, 0.2) is 0 Å². The number of hydrogen-bond acceptors (Lipinski definition) is 3. The minimum absolute atomic E-state index is 0.0546. The number of carbonyl (C=O) groups excluding carboxylic acids is 1. The van der Waals surface area contributed by atoms with Gasteiger partial charge in [-0.25, -0.2) is 0 Å². The summed E-state index contributed by atoms with van der Waals surface area (Å²) in [5.41, 5.74) is 1.10. The van der Waals surface area contributed by atoms with E-state index in [2.05, 4.69) is 5.32 Å². The smallest absolute Gasteiger partial charge is 0.266 e. The van der Waals surface area contributed by atoms with E-state index >= 15 is 0 Å². The Morgan fingerprint density at radius 3 is 2.57 bits per heavy atom. The number of rotatable bonds is 3. The Kier molecular flexibility index (Phi) is 4.60. The van der Waals surface area contributed by atoms with Crippen molar-refractivity contribution < 1.29 is 9.90 Å². The van der Waals surface area contributed by atoms with Gasteiger partial charge in [0.2, 0.25) is 0 Å². The topological polar surface area (TPSA) is 73.1 Å². The first-order valence-corrected chi connectivity index (χ1v) is 6.44. The zero-order valence-corrected chi connectivity index (χ0v) is 11.6. The fourth-order valence-corrected chi connectivity index (χ4v) is 1.84. The predicted octanol–water partition coefficient (Wildman–Crippen LogP) is 3.59. The summed E-state index contributed by atoms with van der Waals surface area (Å²) in [6.07, 6.45) is 1.41. The molecule has 0 saturated carbocycles. The number of benzene rings is 2. The van der Waals surface area contributed by atoms with Crippen LogP contribution in [0.3, 0.4) is 0 Å². The molecule has 2 N–H and O–H groups in total. The number of phenolic OH excluding ortho intramolecular Hbond substituents is 1. The summed E-state index contributed by atoms with van der Waals surface area (Å²) in [7, 11) is 0. The van der Waals surface area contributed by atoms with Crippen LogP contribution in [-0.2, 0) is 4.79 Å². The Morgan fingerprint density at radius 1 is 1.24 bits per heavy atom. The van der Waals surface area contributed by atoms with Crippen LogP contribution in [0.1, 0.15) is 5.56 Å². The van der Waals surface area contributed by atoms with Gasteiger partial charge in [-0.3, -0.25) is 4.79 Å². The van der Waals surface area contributed by atoms with Gasteiger partial charge in [-0.15, -0.1) is 0 Å². The van der Waals surface area contributed by atoms with Crippen LogP contribution in [-0.4, -0.2) is 11.0 Å². The molecule has 0 aromatic heterocycles. The molecule has 0 heterocycles. The van der Waals surface area contributed by atoms with E-state index in [-0.39, 0.29) is 16.3 Å². The lowest BCUT2D eigenvalue weighted by atomic mass is 10.1. The van der Waals surface area contributed by atoms with Crippen LogP contribution in [0.4, 0.5) is 5.69 Å². The van der Waals surface area contributed by atoms with Crippen molar-refractivity contribution in [3.63, 3.8) is 0 Å². The number of nitrogens with zero attached hydrogens (tertiary/aromatic N) is 1. The summed E-state index contributed by atoms with van der Waals surface area (Å²) in [5.74, 6) is -0.561. The molecule has 0 spiro atoms. The van der Waals surface area contributed by atoms with Gasteiger partial charge in [0, 0.05) is 5.69 Å². The fraction of sp³-hybridized carbons (Fsp3) is 0. The first-order chi connectivity index (χ1) is 10.1. The van der Waals surface area contributed by atoms with Gasteiger partial charge in [-0.1, -0.05) is 35.9 Å². The van der Waals surface area contributed by atoms with Crippen molar-refractivity contribution in [2.24, 2.45) is 0 Å². The molecule has 104 valence electrons. The van der Waals surface area contributed by atoms with Crippen molar-refractivity contribution in [3.8, 4) is 11.8 Å². The van der Waals surface area contributed by atoms with Crippen molar-refractivity contribution >= 4 is 29.3 Å². The number of hydrogen-bond donors (Lipinski definition) is 2. The molecule has 2 aromatic rings. The van der Waals surface area contributed by atoms with Gasteiger partial charge in [0.05, 0.1) is 5.02 Å². The second-order valence-electron chi connectivity index (χ2n) is 4.20. The molecule has 2 rings (SSSR count). The zero-order chi connectivity index (χ0) is 15.2. The van der Waals surface area contributed by atoms with Crippen molar-refractivity contribution in [2.45, 2.75) is 0 Å². The third-order valence-corrected chi connectivity index (χ3v) is 2.98. The van der Waals surface area contributed by atoms with Gasteiger partial charge < -0.3 is 10.4 Å². The Hall–Kier alpha value is -2.77. The average Bonchev–Trinajstić information content (AvgIpc) is 2.49. The highest BCUT2D eigenvalue weighted by Gasteiger charge is 2.09. The van der Waals surface area contributed by atoms with Gasteiger partial charge in [-0.2, -0.15) is 5.26 Å². The molecule has 0 saturated heterocycles. The number of halogens is 1. The third kappa shape index (κ3) is 3.85. The molecule has 1 amide bonds. The van der Waals surface area contributed by atoms with E-state index in [9.17, 15) is 9.90 Å². The van der Waals surface area contributed by atoms with Gasteiger partial charge >= 0.3 is 0 Å². The van der Waals surface area contributed by atoms with Crippen LogP contribution in [0.15, 0.2) is 54.1 Å². The van der Waals surface area contributed by atoms with Crippen LogP contribution < -0.4 is 5.32 Å². The van der Waals surface area contributed by atoms with Crippen molar-refractivity contribution in [1.82, 2.24) is 0 Å². The molecule has 0 unspecified atom stereocenters. The van der Waals surface area contributed by atoms with E-state index in [1.807, 2.05) is 12.1 Å². The summed E-state index contributed by atoms with van der Waals surface area (Å²) in [4.78, 5) is 12.0. The number of phenols is 1. The molecule has 0 atom stereocenters. The van der Waals surface area contributed by atoms with Crippen LogP contribution >= 0.6 is 11.6 Å². The normalized spacial score (nSPS) is 10.8. The second-order valence-corrected chi connectivity index (χ2v) is 4.61. The summed E-state index contributed by atoms with van der Waals surface area (Å²) >= 11 is 5.79. The van der Waals surface area contributed by atoms with Crippen LogP contribution in [0.5, 0.6) is 5.75 Å². The quantitative estimate of drug-likeness (QED) is 0.672. The Morgan fingerprint density at radius 2 is 1.95 bits per heavy atom. The highest BCUT2D eigenvalue weighted by atomic mass is 35.5. The lowest BCUT2D eigenvalue weighted by molar-refractivity contribution is -0.112. The lowest BCUT2D eigenvalue weighted by Gasteiger charge is -2.04. The number of nitriles is 1. The third-order valence-electron chi connectivity index (χ3n) is 2.68. The van der Waals surface area contributed by atoms with Crippen molar-refractivity contribution in [2.75, 3.05) is 5.32 Å². The Balaban J connectivity index is 2.22. The molecule has 21 heavy (non-hydrogen) atoms. The Bertz CT molecular complexity index is 734. The maximum absolute atomic E-state index is 12.0. The zero-order valence-electron chi connectivity index (χ0n) is 10.9. The second kappa shape index (κ2) is 6.60. The van der Waals surface area contributed by atoms with E-state index in [1.54, 1.807) is 30.3 Å². The number of amides is 1. The number of nitrogens with one attached hydrogen (secondary N) is 1. The maximum atomic E-state index is 12.0. The number of para-hydroxylation sites is 1. The number of aromatic hydroxyl groups is 1. The maximum Gasteiger partial charge on any atom is 0.266 e. The molecular weight excluding hydrogens is 288 g/mol. The van der Waals surface area contributed by atoms with Gasteiger partial charge in [0.25, 0.3) is 5.91 Å². The van der Waals surface area contributed by atoms with E-state index in [0.717, 1.165) is 0 Å².